The van der Waals surface area contributed by atoms with Crippen molar-refractivity contribution in [1.29, 1.82) is 0 Å². The molecule has 1 aromatic rings. The predicted molar refractivity (Wildman–Crippen MR) is 104 cm³/mol. The van der Waals surface area contributed by atoms with Gasteiger partial charge in [-0.2, -0.15) is 0 Å². The van der Waals surface area contributed by atoms with Crippen molar-refractivity contribution in [2.45, 2.75) is 45.1 Å². The highest BCUT2D eigenvalue weighted by molar-refractivity contribution is 5.78. The Morgan fingerprint density at radius 2 is 1.71 bits per heavy atom. The molecular weight excluding hydrogens is 364 g/mol. The molecule has 2 amide bonds. The van der Waals surface area contributed by atoms with Gasteiger partial charge >= 0.3 is 5.97 Å². The van der Waals surface area contributed by atoms with E-state index in [-0.39, 0.29) is 18.2 Å². The van der Waals surface area contributed by atoms with Gasteiger partial charge in [-0.25, -0.2) is 0 Å². The zero-order valence-corrected chi connectivity index (χ0v) is 17.0. The Kier molecular flexibility index (Phi) is 10.5. The average molecular weight is 394 g/mol. The molecule has 1 rings (SSSR count). The van der Waals surface area contributed by atoms with Crippen LogP contribution in [0.2, 0.25) is 0 Å². The van der Waals surface area contributed by atoms with E-state index >= 15 is 0 Å². The topological polar surface area (TPSA) is 103 Å². The van der Waals surface area contributed by atoms with Gasteiger partial charge in [0.05, 0.1) is 33.8 Å². The van der Waals surface area contributed by atoms with Gasteiger partial charge < -0.3 is 24.8 Å². The van der Waals surface area contributed by atoms with Gasteiger partial charge in [-0.15, -0.1) is 0 Å². The van der Waals surface area contributed by atoms with Gasteiger partial charge in [0.1, 0.15) is 0 Å². The molecule has 0 radical (unpaired) electrons. The first kappa shape index (κ1) is 23.3. The second-order valence-electron chi connectivity index (χ2n) is 6.31. The molecule has 0 saturated heterocycles. The van der Waals surface area contributed by atoms with Crippen LogP contribution in [0, 0.1) is 0 Å². The fourth-order valence-electron chi connectivity index (χ4n) is 2.69. The fraction of sp³-hybridized carbons (Fsp3) is 0.550. The standard InChI is InChI=1S/C20H30N2O6/c1-14(23)21-11-7-5-6-8-19(24)22-16(13-20(25)28-4)15-9-10-17(26-2)18(12-15)27-3/h9-10,12,16H,5-8,11,13H2,1-4H3,(H,21,23)(H,22,24). The van der Waals surface area contributed by atoms with E-state index < -0.39 is 12.0 Å². The molecule has 0 heterocycles. The van der Waals surface area contributed by atoms with E-state index in [1.54, 1.807) is 18.2 Å². The summed E-state index contributed by atoms with van der Waals surface area (Å²) in [6.45, 7) is 2.08. The van der Waals surface area contributed by atoms with E-state index in [1.807, 2.05) is 0 Å². The minimum Gasteiger partial charge on any atom is -0.493 e. The van der Waals surface area contributed by atoms with Gasteiger partial charge in [-0.1, -0.05) is 12.5 Å². The van der Waals surface area contributed by atoms with Gasteiger partial charge in [0.15, 0.2) is 11.5 Å². The maximum Gasteiger partial charge on any atom is 0.307 e. The molecule has 2 N–H and O–H groups in total. The molecule has 0 bridgehead atoms. The highest BCUT2D eigenvalue weighted by atomic mass is 16.5. The summed E-state index contributed by atoms with van der Waals surface area (Å²) in [7, 11) is 4.37. The second kappa shape index (κ2) is 12.6. The number of carbonyl (C=O) groups is 3. The third-order valence-corrected chi connectivity index (χ3v) is 4.20. The SMILES string of the molecule is COC(=O)CC(NC(=O)CCCCCNC(C)=O)c1ccc(OC)c(OC)c1. The van der Waals surface area contributed by atoms with Gasteiger partial charge in [0.2, 0.25) is 11.8 Å². The smallest absolute Gasteiger partial charge is 0.307 e. The molecule has 8 nitrogen and oxygen atoms in total. The van der Waals surface area contributed by atoms with Crippen molar-refractivity contribution in [2.24, 2.45) is 0 Å². The average Bonchev–Trinajstić information content (AvgIpc) is 2.69. The number of hydrogen-bond acceptors (Lipinski definition) is 6. The Balaban J connectivity index is 2.68. The van der Waals surface area contributed by atoms with Gasteiger partial charge in [-0.05, 0) is 30.5 Å². The Labute approximate surface area is 165 Å². The summed E-state index contributed by atoms with van der Waals surface area (Å²) in [6.07, 6.45) is 2.69. The summed E-state index contributed by atoms with van der Waals surface area (Å²) < 4.78 is 15.3. The zero-order chi connectivity index (χ0) is 20.9. The van der Waals surface area contributed by atoms with Crippen molar-refractivity contribution >= 4 is 17.8 Å². The minimum atomic E-state index is -0.529. The van der Waals surface area contributed by atoms with Crippen LogP contribution in [0.25, 0.3) is 0 Å². The van der Waals surface area contributed by atoms with Crippen molar-refractivity contribution in [1.82, 2.24) is 10.6 Å². The summed E-state index contributed by atoms with van der Waals surface area (Å²) in [5.41, 5.74) is 0.724. The van der Waals surface area contributed by atoms with Gasteiger partial charge in [0, 0.05) is 19.9 Å². The van der Waals surface area contributed by atoms with E-state index in [2.05, 4.69) is 10.6 Å². The molecule has 28 heavy (non-hydrogen) atoms. The first-order valence-corrected chi connectivity index (χ1v) is 9.23. The number of ether oxygens (including phenoxy) is 3. The molecule has 1 aromatic carbocycles. The monoisotopic (exact) mass is 394 g/mol. The summed E-state index contributed by atoms with van der Waals surface area (Å²) in [5, 5.41) is 5.61. The Morgan fingerprint density at radius 3 is 2.32 bits per heavy atom. The quantitative estimate of drug-likeness (QED) is 0.416. The van der Waals surface area contributed by atoms with Crippen molar-refractivity contribution < 1.29 is 28.6 Å². The fourth-order valence-corrected chi connectivity index (χ4v) is 2.69. The molecule has 1 atom stereocenters. The summed E-state index contributed by atoms with van der Waals surface area (Å²) in [5.74, 6) is 0.451. The molecule has 0 aliphatic carbocycles. The molecule has 0 aliphatic rings. The lowest BCUT2D eigenvalue weighted by Gasteiger charge is -2.20. The van der Waals surface area contributed by atoms with Crippen LogP contribution in [0.1, 0.15) is 50.6 Å². The molecule has 0 saturated carbocycles. The number of esters is 1. The van der Waals surface area contributed by atoms with Crippen LogP contribution in [0.3, 0.4) is 0 Å². The molecule has 0 fully saturated rings. The van der Waals surface area contributed by atoms with E-state index in [0.29, 0.717) is 30.9 Å². The van der Waals surface area contributed by atoms with Crippen LogP contribution in [-0.4, -0.2) is 45.7 Å². The highest BCUT2D eigenvalue weighted by Gasteiger charge is 2.20. The molecule has 156 valence electrons. The third kappa shape index (κ3) is 8.28. The van der Waals surface area contributed by atoms with Crippen LogP contribution in [0.15, 0.2) is 18.2 Å². The number of amides is 2. The Hall–Kier alpha value is -2.77. The van der Waals surface area contributed by atoms with E-state index in [9.17, 15) is 14.4 Å². The zero-order valence-electron chi connectivity index (χ0n) is 17.0. The minimum absolute atomic E-state index is 0.0141. The maximum absolute atomic E-state index is 12.3. The summed E-state index contributed by atoms with van der Waals surface area (Å²) >= 11 is 0. The number of rotatable bonds is 12. The van der Waals surface area contributed by atoms with Crippen LogP contribution in [0.4, 0.5) is 0 Å². The lowest BCUT2D eigenvalue weighted by Crippen LogP contribution is -2.30. The van der Waals surface area contributed by atoms with Gasteiger partial charge in [-0.3, -0.25) is 14.4 Å². The van der Waals surface area contributed by atoms with E-state index in [0.717, 1.165) is 18.4 Å². The number of benzene rings is 1. The van der Waals surface area contributed by atoms with E-state index in [4.69, 9.17) is 14.2 Å². The second-order valence-corrected chi connectivity index (χ2v) is 6.31. The maximum atomic E-state index is 12.3. The summed E-state index contributed by atoms with van der Waals surface area (Å²) in [6, 6.07) is 4.72. The van der Waals surface area contributed by atoms with Crippen LogP contribution in [0.5, 0.6) is 11.5 Å². The largest absolute Gasteiger partial charge is 0.493 e. The Bertz CT molecular complexity index is 662. The number of hydrogen-bond donors (Lipinski definition) is 2. The molecule has 0 aromatic heterocycles. The van der Waals surface area contributed by atoms with Crippen LogP contribution >= 0.6 is 0 Å². The van der Waals surface area contributed by atoms with Crippen LogP contribution < -0.4 is 20.1 Å². The number of methoxy groups -OCH3 is 3. The number of unbranched alkanes of at least 4 members (excludes halogenated alkanes) is 2. The first-order chi connectivity index (χ1) is 13.4. The normalized spacial score (nSPS) is 11.3. The summed E-state index contributed by atoms with van der Waals surface area (Å²) in [4.78, 5) is 34.9. The van der Waals surface area contributed by atoms with Crippen molar-refractivity contribution in [3.63, 3.8) is 0 Å². The van der Waals surface area contributed by atoms with Crippen LogP contribution in [-0.2, 0) is 19.1 Å². The van der Waals surface area contributed by atoms with Crippen molar-refractivity contribution in [2.75, 3.05) is 27.9 Å². The van der Waals surface area contributed by atoms with E-state index in [1.165, 1.54) is 28.3 Å². The predicted octanol–water partition coefficient (Wildman–Crippen LogP) is 2.12. The first-order valence-electron chi connectivity index (χ1n) is 9.23. The van der Waals surface area contributed by atoms with Crippen molar-refractivity contribution in [3.8, 4) is 11.5 Å². The number of carbonyl (C=O) groups excluding carboxylic acids is 3. The molecular formula is C20H30N2O6. The lowest BCUT2D eigenvalue weighted by atomic mass is 10.0. The number of nitrogens with one attached hydrogen (secondary N) is 2. The van der Waals surface area contributed by atoms with Gasteiger partial charge in [0.25, 0.3) is 0 Å². The molecule has 1 unspecified atom stereocenters. The van der Waals surface area contributed by atoms with Crippen molar-refractivity contribution in [3.05, 3.63) is 23.8 Å². The highest BCUT2D eigenvalue weighted by Crippen LogP contribution is 2.31. The molecule has 0 aliphatic heterocycles. The molecule has 0 spiro atoms. The Morgan fingerprint density at radius 1 is 1.00 bits per heavy atom. The third-order valence-electron chi connectivity index (χ3n) is 4.20. The lowest BCUT2D eigenvalue weighted by molar-refractivity contribution is -0.141. The molecule has 8 heteroatoms.